The summed E-state index contributed by atoms with van der Waals surface area (Å²) in [5, 5.41) is 14.4. The number of halogens is 1. The molecule has 0 fully saturated rings. The van der Waals surface area contributed by atoms with E-state index >= 15 is 0 Å². The minimum Gasteiger partial charge on any atom is -0.596 e. The molecule has 0 aliphatic rings. The summed E-state index contributed by atoms with van der Waals surface area (Å²) in [4.78, 5) is 4.08. The number of hydrogen-bond acceptors (Lipinski definition) is 5. The maximum Gasteiger partial charge on any atom is 1.00 e. The minimum atomic E-state index is -2.82. The second-order valence-electron chi connectivity index (χ2n) is 12.0. The molecule has 0 aromatic heterocycles. The van der Waals surface area contributed by atoms with E-state index in [4.69, 9.17) is 13.9 Å². The summed E-state index contributed by atoms with van der Waals surface area (Å²) >= 11 is 0. The number of methoxy groups -OCH3 is 1. The van der Waals surface area contributed by atoms with Crippen LogP contribution in [0.2, 0.25) is 5.04 Å². The van der Waals surface area contributed by atoms with Crippen molar-refractivity contribution in [3.8, 4) is 0 Å². The molecule has 4 aromatic rings. The summed E-state index contributed by atoms with van der Waals surface area (Å²) in [6.07, 6.45) is 3.67. The zero-order valence-electron chi connectivity index (χ0n) is 27.5. The van der Waals surface area contributed by atoms with Gasteiger partial charge in [-0.25, -0.2) is 0 Å². The van der Waals surface area contributed by atoms with Crippen molar-refractivity contribution in [3.05, 3.63) is 139 Å². The molecule has 0 heterocycles. The van der Waals surface area contributed by atoms with Crippen LogP contribution in [0.15, 0.2) is 126 Å². The average molecular weight is 845 g/mol. The van der Waals surface area contributed by atoms with Crippen LogP contribution in [0, 0.1) is 6.42 Å². The Morgan fingerprint density at radius 2 is 1.28 bits per heavy atom. The Hall–Kier alpha value is -2.49. The summed E-state index contributed by atoms with van der Waals surface area (Å²) in [5.41, 5.74) is 2.04. The van der Waals surface area contributed by atoms with Gasteiger partial charge in [-0.1, -0.05) is 142 Å². The number of unbranched alkanes of at least 4 members (excludes halogenated alkanes) is 1. The summed E-state index contributed by atoms with van der Waals surface area (Å²) in [5.74, 6) is 0. The quantitative estimate of drug-likeness (QED) is 0.0558. The van der Waals surface area contributed by atoms with Crippen molar-refractivity contribution in [2.75, 3.05) is 13.7 Å². The van der Waals surface area contributed by atoms with E-state index in [2.05, 4.69) is 117 Å². The van der Waals surface area contributed by atoms with Crippen molar-refractivity contribution >= 4 is 37.2 Å². The molecule has 4 aromatic carbocycles. The van der Waals surface area contributed by atoms with Gasteiger partial charge in [0.15, 0.2) is 0 Å². The normalized spacial score (nSPS) is 13.2. The van der Waals surface area contributed by atoms with Gasteiger partial charge in [0.05, 0.1) is 12.2 Å². The van der Waals surface area contributed by atoms with Crippen LogP contribution in [-0.4, -0.2) is 34.2 Å². The third kappa shape index (κ3) is 11.1. The van der Waals surface area contributed by atoms with Gasteiger partial charge in [-0.05, 0) is 45.8 Å². The molecular formula is C38H46ClHgNO4Si. The monoisotopic (exact) mass is 845 g/mol. The molecule has 0 amide bonds. The van der Waals surface area contributed by atoms with Crippen LogP contribution in [-0.2, 0) is 48.2 Å². The average Bonchev–Trinajstić information content (AvgIpc) is 3.05. The Bertz CT molecular complexity index is 1370. The third-order valence-corrected chi connectivity index (χ3v) is 12.9. The number of benzene rings is 4. The fourth-order valence-corrected chi connectivity index (χ4v) is 10.2. The van der Waals surface area contributed by atoms with Gasteiger partial charge in [-0.3, -0.25) is 4.99 Å². The van der Waals surface area contributed by atoms with E-state index < -0.39 is 14.4 Å². The van der Waals surface area contributed by atoms with Gasteiger partial charge >= 0.3 is 27.7 Å². The predicted octanol–water partition coefficient (Wildman–Crippen LogP) is 7.05. The van der Waals surface area contributed by atoms with Crippen LogP contribution < -0.4 is 15.5 Å². The molecule has 0 unspecified atom stereocenters. The van der Waals surface area contributed by atoms with Gasteiger partial charge in [-0.15, -0.1) is 12.4 Å². The van der Waals surface area contributed by atoms with Gasteiger partial charge in [0, 0.05) is 26.7 Å². The number of aliphatic imine (C=N–C) groups is 1. The van der Waals surface area contributed by atoms with E-state index in [9.17, 15) is 5.11 Å². The fraction of sp³-hybridized carbons (Fsp3) is 0.316. The van der Waals surface area contributed by atoms with Crippen LogP contribution in [0.4, 0.5) is 0 Å². The second-order valence-corrected chi connectivity index (χ2v) is 16.2. The molecule has 0 bridgehead atoms. The molecule has 2 atom stereocenters. The Kier molecular flexibility index (Phi) is 17.3. The first kappa shape index (κ1) is 39.7. The van der Waals surface area contributed by atoms with Crippen LogP contribution >= 0.6 is 12.4 Å². The zero-order valence-corrected chi connectivity index (χ0v) is 34.8. The standard InChI is InChI=1S/C38H46NO4Si.ClH.Hg/c1-38(2,3)44(34-24-13-7-14-25-34,35-26-15-8-16-27-35)43-36(32-21-11-6-12-22-32)29-33(41-4)23-17-18-28-39-37(40)42-30-31-19-9-5-10-20-31;;/h5-16,19-22,24-27,29,33,36H,17-18,23,28,30H2,1-4H3,(H,39,40);1H;/q;;+1/p-1/t33-,36+;;/m0../s1. The van der Waals surface area contributed by atoms with Crippen molar-refractivity contribution < 1.29 is 46.7 Å². The maximum atomic E-state index is 12.1. The smallest absolute Gasteiger partial charge is 0.596 e. The van der Waals surface area contributed by atoms with E-state index in [1.807, 2.05) is 36.4 Å². The summed E-state index contributed by atoms with van der Waals surface area (Å²) < 4.78 is 18.8. The summed E-state index contributed by atoms with van der Waals surface area (Å²) in [7, 11) is -1.07. The van der Waals surface area contributed by atoms with Crippen LogP contribution in [0.1, 0.15) is 57.3 Å². The third-order valence-electron chi connectivity index (χ3n) is 7.88. The molecule has 0 aliphatic heterocycles. The molecule has 8 heteroatoms. The van der Waals surface area contributed by atoms with E-state index in [0.717, 1.165) is 30.4 Å². The zero-order chi connectivity index (χ0) is 31.3. The molecular weight excluding hydrogens is 799 g/mol. The van der Waals surface area contributed by atoms with Crippen LogP contribution in [0.3, 0.4) is 0 Å². The van der Waals surface area contributed by atoms with Crippen LogP contribution in [0.5, 0.6) is 0 Å². The molecule has 2 radical (unpaired) electrons. The molecule has 0 saturated heterocycles. The Morgan fingerprint density at radius 3 is 1.78 bits per heavy atom. The van der Waals surface area contributed by atoms with Crippen LogP contribution in [0.25, 0.3) is 0 Å². The second kappa shape index (κ2) is 20.0. The van der Waals surface area contributed by atoms with Crippen molar-refractivity contribution in [3.63, 3.8) is 0 Å². The fourth-order valence-electron chi connectivity index (χ4n) is 5.62. The molecule has 0 spiro atoms. The minimum absolute atomic E-state index is 0. The molecule has 0 aliphatic carbocycles. The Morgan fingerprint density at radius 1 is 0.783 bits per heavy atom. The number of nitrogens with zero attached hydrogens (tertiary/aromatic N) is 1. The van der Waals surface area contributed by atoms with Gasteiger partial charge in [0.2, 0.25) is 0 Å². The van der Waals surface area contributed by atoms with Crippen molar-refractivity contribution in [1.29, 1.82) is 0 Å². The number of hydrogen-bond donors (Lipinski definition) is 0. The topological polar surface area (TPSA) is 63.1 Å². The SMILES string of the molecule is CO[C@H]([CH][C@@H](O[Si](c1ccccc1)(c1ccccc1)C(C)(C)C)c1ccccc1)CCCCN=C([O-])OCc1ccccc1.Cl.[Hg+]. The molecule has 0 saturated carbocycles. The molecule has 0 N–H and O–H groups in total. The van der Waals surface area contributed by atoms with Gasteiger partial charge in [-0.2, -0.15) is 0 Å². The van der Waals surface area contributed by atoms with E-state index in [1.54, 1.807) is 7.11 Å². The number of ether oxygens (including phenoxy) is 2. The van der Waals surface area contributed by atoms with Gasteiger partial charge in [0.1, 0.15) is 6.08 Å². The van der Waals surface area contributed by atoms with Crippen molar-refractivity contribution in [1.82, 2.24) is 0 Å². The summed E-state index contributed by atoms with van der Waals surface area (Å²) in [6, 6.07) is 41.5. The van der Waals surface area contributed by atoms with Crippen molar-refractivity contribution in [2.45, 2.75) is 63.9 Å². The number of rotatable bonds is 15. The summed E-state index contributed by atoms with van der Waals surface area (Å²) in [6.45, 7) is 7.54. The van der Waals surface area contributed by atoms with E-state index in [0.29, 0.717) is 6.54 Å². The van der Waals surface area contributed by atoms with E-state index in [-0.39, 0.29) is 63.9 Å². The largest absolute Gasteiger partial charge is 1.00 e. The predicted molar refractivity (Wildman–Crippen MR) is 188 cm³/mol. The molecule has 4 rings (SSSR count). The van der Waals surface area contributed by atoms with Gasteiger partial charge in [0.25, 0.3) is 8.32 Å². The molecule has 46 heavy (non-hydrogen) atoms. The maximum absolute atomic E-state index is 12.1. The Balaban J connectivity index is 0.00000368. The van der Waals surface area contributed by atoms with E-state index in [1.165, 1.54) is 10.4 Å². The van der Waals surface area contributed by atoms with Gasteiger partial charge < -0.3 is 19.0 Å². The first-order valence-corrected chi connectivity index (χ1v) is 17.3. The first-order valence-electron chi connectivity index (χ1n) is 15.4. The van der Waals surface area contributed by atoms with Crippen molar-refractivity contribution in [2.24, 2.45) is 4.99 Å². The molecule has 5 nitrogen and oxygen atoms in total. The Labute approximate surface area is 303 Å². The molecule has 240 valence electrons. The first-order chi connectivity index (χ1) is 21.3.